The molecule has 116 valence electrons. The minimum Gasteiger partial charge on any atom is -0.507 e. The standard InChI is InChI=1S/C16H23NO4/c1-11-4-5-12(13(18)10-11)15(21)17-9-8-16(2,3)7-6-14(19)20/h4-5,10,18H,6-9H2,1-3H3,(H,17,21)(H,19,20). The Morgan fingerprint density at radius 1 is 1.24 bits per heavy atom. The number of hydrogen-bond donors (Lipinski definition) is 3. The Labute approximate surface area is 125 Å². The fourth-order valence-corrected chi connectivity index (χ4v) is 2.01. The third-order valence-corrected chi connectivity index (χ3v) is 3.50. The van der Waals surface area contributed by atoms with Gasteiger partial charge in [0.1, 0.15) is 5.75 Å². The van der Waals surface area contributed by atoms with E-state index in [1.54, 1.807) is 18.2 Å². The maximum absolute atomic E-state index is 12.0. The first-order valence-electron chi connectivity index (χ1n) is 7.01. The first-order chi connectivity index (χ1) is 9.71. The van der Waals surface area contributed by atoms with Crippen molar-refractivity contribution in [3.05, 3.63) is 29.3 Å². The van der Waals surface area contributed by atoms with Gasteiger partial charge in [0.05, 0.1) is 5.56 Å². The van der Waals surface area contributed by atoms with Gasteiger partial charge in [0.15, 0.2) is 0 Å². The predicted octanol–water partition coefficient (Wildman–Crippen LogP) is 2.71. The van der Waals surface area contributed by atoms with E-state index in [4.69, 9.17) is 5.11 Å². The van der Waals surface area contributed by atoms with E-state index in [9.17, 15) is 14.7 Å². The van der Waals surface area contributed by atoms with Gasteiger partial charge in [0.25, 0.3) is 5.91 Å². The molecule has 0 unspecified atom stereocenters. The minimum absolute atomic E-state index is 0.0300. The Balaban J connectivity index is 2.48. The third kappa shape index (κ3) is 5.85. The molecule has 0 fully saturated rings. The number of hydrogen-bond acceptors (Lipinski definition) is 3. The van der Waals surface area contributed by atoms with E-state index in [1.165, 1.54) is 0 Å². The maximum atomic E-state index is 12.0. The molecule has 0 radical (unpaired) electrons. The molecule has 0 saturated carbocycles. The molecule has 3 N–H and O–H groups in total. The molecule has 1 amide bonds. The normalized spacial score (nSPS) is 11.2. The molecule has 0 spiro atoms. The van der Waals surface area contributed by atoms with Gasteiger partial charge < -0.3 is 15.5 Å². The molecule has 0 aliphatic rings. The summed E-state index contributed by atoms with van der Waals surface area (Å²) in [5.74, 6) is -1.16. The topological polar surface area (TPSA) is 86.6 Å². The van der Waals surface area contributed by atoms with Gasteiger partial charge in [-0.15, -0.1) is 0 Å². The maximum Gasteiger partial charge on any atom is 0.303 e. The number of carboxylic acid groups (broad SMARTS) is 1. The van der Waals surface area contributed by atoms with Crippen LogP contribution in [0.3, 0.4) is 0 Å². The SMILES string of the molecule is Cc1ccc(C(=O)NCCC(C)(C)CCC(=O)O)c(O)c1. The van der Waals surface area contributed by atoms with E-state index >= 15 is 0 Å². The van der Waals surface area contributed by atoms with Crippen LogP contribution in [-0.2, 0) is 4.79 Å². The number of carbonyl (C=O) groups excluding carboxylic acids is 1. The first kappa shape index (κ1) is 17.0. The number of amides is 1. The van der Waals surface area contributed by atoms with Crippen LogP contribution in [0.15, 0.2) is 18.2 Å². The molecule has 0 heterocycles. The lowest BCUT2D eigenvalue weighted by molar-refractivity contribution is -0.137. The summed E-state index contributed by atoms with van der Waals surface area (Å²) in [5, 5.41) is 21.2. The van der Waals surface area contributed by atoms with E-state index < -0.39 is 5.97 Å². The molecule has 5 nitrogen and oxygen atoms in total. The summed E-state index contributed by atoms with van der Waals surface area (Å²) in [5.41, 5.74) is 0.990. The average molecular weight is 293 g/mol. The van der Waals surface area contributed by atoms with Crippen LogP contribution < -0.4 is 5.32 Å². The van der Waals surface area contributed by atoms with Crippen LogP contribution in [-0.4, -0.2) is 28.6 Å². The van der Waals surface area contributed by atoms with Gasteiger partial charge in [-0.25, -0.2) is 0 Å². The molecule has 1 aromatic rings. The van der Waals surface area contributed by atoms with Crippen LogP contribution in [0.1, 0.15) is 49.0 Å². The Hall–Kier alpha value is -2.04. The van der Waals surface area contributed by atoms with Crippen molar-refractivity contribution < 1.29 is 19.8 Å². The molecular weight excluding hydrogens is 270 g/mol. The monoisotopic (exact) mass is 293 g/mol. The zero-order chi connectivity index (χ0) is 16.0. The van der Waals surface area contributed by atoms with Gasteiger partial charge in [-0.1, -0.05) is 19.9 Å². The lowest BCUT2D eigenvalue weighted by Gasteiger charge is -2.23. The zero-order valence-corrected chi connectivity index (χ0v) is 12.8. The molecule has 0 atom stereocenters. The molecule has 21 heavy (non-hydrogen) atoms. The second kappa shape index (κ2) is 7.11. The fourth-order valence-electron chi connectivity index (χ4n) is 2.01. The van der Waals surface area contributed by atoms with Crippen LogP contribution in [0.5, 0.6) is 5.75 Å². The summed E-state index contributed by atoms with van der Waals surface area (Å²) < 4.78 is 0. The van der Waals surface area contributed by atoms with Gasteiger partial charge in [-0.3, -0.25) is 9.59 Å². The van der Waals surface area contributed by atoms with Crippen molar-refractivity contribution in [2.75, 3.05) is 6.54 Å². The lowest BCUT2D eigenvalue weighted by Crippen LogP contribution is -2.28. The van der Waals surface area contributed by atoms with Gasteiger partial charge in [0.2, 0.25) is 0 Å². The van der Waals surface area contributed by atoms with Gasteiger partial charge in [-0.05, 0) is 42.9 Å². The predicted molar refractivity (Wildman–Crippen MR) is 80.4 cm³/mol. The summed E-state index contributed by atoms with van der Waals surface area (Å²) in [6.45, 7) is 6.24. The van der Waals surface area contributed by atoms with Crippen molar-refractivity contribution in [1.29, 1.82) is 0 Å². The highest BCUT2D eigenvalue weighted by Gasteiger charge is 2.19. The van der Waals surface area contributed by atoms with Crippen LogP contribution in [0, 0.1) is 12.3 Å². The average Bonchev–Trinajstić information content (AvgIpc) is 2.36. The van der Waals surface area contributed by atoms with Gasteiger partial charge in [0, 0.05) is 13.0 Å². The highest BCUT2D eigenvalue weighted by atomic mass is 16.4. The number of nitrogens with one attached hydrogen (secondary N) is 1. The largest absolute Gasteiger partial charge is 0.507 e. The summed E-state index contributed by atoms with van der Waals surface area (Å²) in [4.78, 5) is 22.5. The summed E-state index contributed by atoms with van der Waals surface area (Å²) in [6.07, 6.45) is 1.37. The van der Waals surface area contributed by atoms with Crippen molar-refractivity contribution in [2.24, 2.45) is 5.41 Å². The number of aromatic hydroxyl groups is 1. The molecule has 0 aromatic heterocycles. The Morgan fingerprint density at radius 3 is 2.48 bits per heavy atom. The van der Waals surface area contributed by atoms with Crippen molar-refractivity contribution in [3.8, 4) is 5.75 Å². The number of phenolic OH excluding ortho intramolecular Hbond substituents is 1. The zero-order valence-electron chi connectivity index (χ0n) is 12.8. The highest BCUT2D eigenvalue weighted by Crippen LogP contribution is 2.26. The summed E-state index contributed by atoms with van der Waals surface area (Å²) >= 11 is 0. The second-order valence-corrected chi connectivity index (χ2v) is 6.08. The van der Waals surface area contributed by atoms with Gasteiger partial charge in [-0.2, -0.15) is 0 Å². The fraction of sp³-hybridized carbons (Fsp3) is 0.500. The molecule has 0 aliphatic heterocycles. The van der Waals surface area contributed by atoms with Crippen molar-refractivity contribution in [1.82, 2.24) is 5.32 Å². The quantitative estimate of drug-likeness (QED) is 0.721. The van der Waals surface area contributed by atoms with Crippen molar-refractivity contribution in [3.63, 3.8) is 0 Å². The number of aryl methyl sites for hydroxylation is 1. The molecule has 5 heteroatoms. The number of rotatable bonds is 7. The minimum atomic E-state index is -0.809. The summed E-state index contributed by atoms with van der Waals surface area (Å²) in [6, 6.07) is 4.91. The van der Waals surface area contributed by atoms with E-state index in [0.717, 1.165) is 5.56 Å². The van der Waals surface area contributed by atoms with E-state index in [1.807, 2.05) is 20.8 Å². The number of carbonyl (C=O) groups is 2. The van der Waals surface area contributed by atoms with E-state index in [0.29, 0.717) is 19.4 Å². The molecule has 1 rings (SSSR count). The highest BCUT2D eigenvalue weighted by molar-refractivity contribution is 5.96. The van der Waals surface area contributed by atoms with Crippen LogP contribution in [0.25, 0.3) is 0 Å². The van der Waals surface area contributed by atoms with Crippen LogP contribution >= 0.6 is 0 Å². The lowest BCUT2D eigenvalue weighted by atomic mass is 9.84. The number of carboxylic acids is 1. The smallest absolute Gasteiger partial charge is 0.303 e. The van der Waals surface area contributed by atoms with Crippen molar-refractivity contribution >= 4 is 11.9 Å². The molecule has 0 aliphatic carbocycles. The Morgan fingerprint density at radius 2 is 1.90 bits per heavy atom. The second-order valence-electron chi connectivity index (χ2n) is 6.08. The molecule has 0 saturated heterocycles. The number of aliphatic carboxylic acids is 1. The third-order valence-electron chi connectivity index (χ3n) is 3.50. The summed E-state index contributed by atoms with van der Waals surface area (Å²) in [7, 11) is 0. The van der Waals surface area contributed by atoms with Crippen LogP contribution in [0.2, 0.25) is 0 Å². The Kier molecular flexibility index (Phi) is 5.76. The van der Waals surface area contributed by atoms with Crippen LogP contribution in [0.4, 0.5) is 0 Å². The number of phenols is 1. The van der Waals surface area contributed by atoms with E-state index in [2.05, 4.69) is 5.32 Å². The molecule has 1 aromatic carbocycles. The van der Waals surface area contributed by atoms with Gasteiger partial charge >= 0.3 is 5.97 Å². The number of benzene rings is 1. The van der Waals surface area contributed by atoms with Crippen molar-refractivity contribution in [2.45, 2.75) is 40.0 Å². The van der Waals surface area contributed by atoms with E-state index in [-0.39, 0.29) is 29.1 Å². The molecule has 0 bridgehead atoms. The first-order valence-corrected chi connectivity index (χ1v) is 7.01. The Bertz CT molecular complexity index is 523. The molecular formula is C16H23NO4.